The van der Waals surface area contributed by atoms with Gasteiger partial charge in [0.05, 0.1) is 0 Å². The molecule has 2 unspecified atom stereocenters. The molecular formula is C4H14AuN4. The number of rotatable bonds is 4. The van der Waals surface area contributed by atoms with Crippen LogP contribution in [0.15, 0.2) is 0 Å². The van der Waals surface area contributed by atoms with E-state index < -0.39 is 0 Å². The third-order valence-electron chi connectivity index (χ3n) is 0.672. The van der Waals surface area contributed by atoms with Crippen LogP contribution in [-0.2, 0) is 19.8 Å². The zero-order valence-corrected chi connectivity index (χ0v) is 7.35. The third kappa shape index (κ3) is 5.05. The maximum atomic E-state index is 5.53. The molecule has 9 heavy (non-hydrogen) atoms. The minimum absolute atomic E-state index is 0.0895. The van der Waals surface area contributed by atoms with E-state index >= 15 is 0 Å². The van der Waals surface area contributed by atoms with Crippen LogP contribution in [-0.4, -0.2) is 21.6 Å². The molecule has 0 amide bonds. The Morgan fingerprint density at radius 1 is 1.00 bits per heavy atom. The molecule has 0 aromatic heterocycles. The van der Waals surface area contributed by atoms with Gasteiger partial charge in [-0.25, -0.2) is 0 Å². The van der Waals surface area contributed by atoms with Crippen molar-refractivity contribution in [2.24, 2.45) is 22.9 Å². The van der Waals surface area contributed by atoms with Crippen LogP contribution in [0.3, 0.4) is 0 Å². The van der Waals surface area contributed by atoms with Gasteiger partial charge >= 0.3 is 64.3 Å². The molecule has 0 radical (unpaired) electrons. The number of nitrogens with two attached hydrogens (primary N) is 4. The molecule has 0 aliphatic carbocycles. The minimum atomic E-state index is -0.0895. The molecule has 61 valence electrons. The molecule has 0 aromatic rings. The Hall–Kier alpha value is 0.580. The SMILES string of the molecule is NC[CH](N)[Au][CH](N)CN. The van der Waals surface area contributed by atoms with Crippen LogP contribution < -0.4 is 22.9 Å². The molecule has 0 bridgehead atoms. The second-order valence-electron chi connectivity index (χ2n) is 1.49. The topological polar surface area (TPSA) is 104 Å². The summed E-state index contributed by atoms with van der Waals surface area (Å²) in [6.07, 6.45) is 0. The first-order chi connectivity index (χ1) is 4.20. The molecule has 4 nitrogen and oxygen atoms in total. The van der Waals surface area contributed by atoms with Gasteiger partial charge in [0, 0.05) is 0 Å². The summed E-state index contributed by atoms with van der Waals surface area (Å²) in [5.41, 5.74) is 21.6. The third-order valence-corrected chi connectivity index (χ3v) is 3.55. The molecule has 5 heteroatoms. The zero-order valence-electron chi connectivity index (χ0n) is 5.18. The van der Waals surface area contributed by atoms with E-state index in [0.717, 1.165) is 0 Å². The molecule has 0 saturated heterocycles. The van der Waals surface area contributed by atoms with Crippen LogP contribution >= 0.6 is 0 Å². The van der Waals surface area contributed by atoms with E-state index in [9.17, 15) is 0 Å². The molecule has 0 fully saturated rings. The van der Waals surface area contributed by atoms with Gasteiger partial charge in [0.1, 0.15) is 0 Å². The van der Waals surface area contributed by atoms with Gasteiger partial charge in [-0.2, -0.15) is 0 Å². The summed E-state index contributed by atoms with van der Waals surface area (Å²) in [7, 11) is 0. The molecule has 0 spiro atoms. The van der Waals surface area contributed by atoms with E-state index in [1.54, 1.807) is 0 Å². The van der Waals surface area contributed by atoms with E-state index in [2.05, 4.69) is 0 Å². The first kappa shape index (κ1) is 9.58. The average molecular weight is 315 g/mol. The van der Waals surface area contributed by atoms with Crippen LogP contribution in [0.4, 0.5) is 0 Å². The molecule has 0 aromatic carbocycles. The van der Waals surface area contributed by atoms with E-state index in [1.165, 1.54) is 0 Å². The monoisotopic (exact) mass is 315 g/mol. The maximum absolute atomic E-state index is 5.53. The number of hydrogen-bond acceptors (Lipinski definition) is 4. The Kier molecular flexibility index (Phi) is 5.72. The normalized spacial score (nSPS) is 17.8. The number of hydrogen-bond donors (Lipinski definition) is 4. The summed E-state index contributed by atoms with van der Waals surface area (Å²) in [4.78, 5) is 0. The van der Waals surface area contributed by atoms with E-state index in [4.69, 9.17) is 22.9 Å². The fourth-order valence-corrected chi connectivity index (χ4v) is 2.03. The quantitative estimate of drug-likeness (QED) is 0.433. The van der Waals surface area contributed by atoms with Gasteiger partial charge in [-0.3, -0.25) is 0 Å². The predicted octanol–water partition coefficient (Wildman–Crippen LogP) is -2.44. The molecule has 0 saturated carbocycles. The van der Waals surface area contributed by atoms with Gasteiger partial charge in [0.2, 0.25) is 0 Å². The van der Waals surface area contributed by atoms with Crippen LogP contribution in [0, 0.1) is 0 Å². The van der Waals surface area contributed by atoms with Crippen molar-refractivity contribution in [3.05, 3.63) is 0 Å². The molecule has 0 rings (SSSR count). The molecule has 0 aliphatic heterocycles. The van der Waals surface area contributed by atoms with Crippen LogP contribution in [0.5, 0.6) is 0 Å². The summed E-state index contributed by atoms with van der Waals surface area (Å²) in [6.45, 7) is 1.05. The fraction of sp³-hybridized carbons (Fsp3) is 1.00. The van der Waals surface area contributed by atoms with Crippen molar-refractivity contribution in [3.63, 3.8) is 0 Å². The van der Waals surface area contributed by atoms with Gasteiger partial charge in [-0.05, 0) is 0 Å². The van der Waals surface area contributed by atoms with Gasteiger partial charge in [0.15, 0.2) is 0 Å². The summed E-state index contributed by atoms with van der Waals surface area (Å²) in [6, 6.07) is 0. The van der Waals surface area contributed by atoms with Crippen molar-refractivity contribution in [1.29, 1.82) is 0 Å². The van der Waals surface area contributed by atoms with Crippen molar-refractivity contribution in [1.82, 2.24) is 0 Å². The van der Waals surface area contributed by atoms with E-state index in [1.807, 2.05) is 0 Å². The second kappa shape index (κ2) is 5.37. The summed E-state index contributed by atoms with van der Waals surface area (Å²) >= 11 is -0.0895. The van der Waals surface area contributed by atoms with Crippen LogP contribution in [0.2, 0.25) is 0 Å². The van der Waals surface area contributed by atoms with Crippen molar-refractivity contribution < 1.29 is 19.8 Å². The predicted molar refractivity (Wildman–Crippen MR) is 34.1 cm³/mol. The van der Waals surface area contributed by atoms with Gasteiger partial charge in [0.25, 0.3) is 0 Å². The van der Waals surface area contributed by atoms with Gasteiger partial charge < -0.3 is 0 Å². The van der Waals surface area contributed by atoms with Gasteiger partial charge in [-0.15, -0.1) is 0 Å². The summed E-state index contributed by atoms with van der Waals surface area (Å²) in [5, 5.41) is 0. The Morgan fingerprint density at radius 3 is 1.56 bits per heavy atom. The second-order valence-corrected chi connectivity index (χ2v) is 5.43. The summed E-state index contributed by atoms with van der Waals surface area (Å²) < 4.78 is 0.201. The first-order valence-corrected chi connectivity index (χ1v) is 5.15. The van der Waals surface area contributed by atoms with Crippen molar-refractivity contribution in [2.45, 2.75) is 8.52 Å². The molecule has 0 aliphatic rings. The van der Waals surface area contributed by atoms with Crippen molar-refractivity contribution in [2.75, 3.05) is 13.1 Å². The molecule has 2 atom stereocenters. The zero-order chi connectivity index (χ0) is 7.28. The molecular weight excluding hydrogens is 301 g/mol. The standard InChI is InChI=1S/2C2H7N2.Au/c2*3-1-2-4;/h2*1H,2-4H2;. The van der Waals surface area contributed by atoms with Crippen LogP contribution in [0.25, 0.3) is 0 Å². The first-order valence-electron chi connectivity index (χ1n) is 2.65. The van der Waals surface area contributed by atoms with E-state index in [0.29, 0.717) is 13.1 Å². The van der Waals surface area contributed by atoms with Gasteiger partial charge in [-0.1, -0.05) is 0 Å². The Morgan fingerprint density at radius 2 is 1.33 bits per heavy atom. The Labute approximate surface area is 64.6 Å². The summed E-state index contributed by atoms with van der Waals surface area (Å²) in [5.74, 6) is 0. The van der Waals surface area contributed by atoms with E-state index in [-0.39, 0.29) is 28.3 Å². The fourth-order valence-electron chi connectivity index (χ4n) is 0.248. The average Bonchev–Trinajstić information content (AvgIpc) is 1.87. The van der Waals surface area contributed by atoms with Crippen molar-refractivity contribution in [3.8, 4) is 0 Å². The molecule has 0 heterocycles. The van der Waals surface area contributed by atoms with Crippen LogP contribution in [0.1, 0.15) is 0 Å². The Bertz CT molecular complexity index is 61.6. The molecule has 8 N–H and O–H groups in total. The Balaban J connectivity index is 3.22. The van der Waals surface area contributed by atoms with Crippen molar-refractivity contribution >= 4 is 0 Å².